The lowest BCUT2D eigenvalue weighted by molar-refractivity contribution is 0.398. The third-order valence-corrected chi connectivity index (χ3v) is 4.51. The van der Waals surface area contributed by atoms with Gasteiger partial charge < -0.3 is 14.4 Å². The highest BCUT2D eigenvalue weighted by molar-refractivity contribution is 5.50. The van der Waals surface area contributed by atoms with Crippen molar-refractivity contribution >= 4 is 11.5 Å². The van der Waals surface area contributed by atoms with E-state index in [2.05, 4.69) is 15.1 Å². The first kappa shape index (κ1) is 15.7. The van der Waals surface area contributed by atoms with E-state index in [1.54, 1.807) is 18.7 Å². The molecule has 1 aliphatic rings. The fourth-order valence-electron chi connectivity index (χ4n) is 3.01. The minimum absolute atomic E-state index is 0.498. The van der Waals surface area contributed by atoms with Crippen molar-refractivity contribution in [2.24, 2.45) is 0 Å². The Hall–Kier alpha value is -2.83. The summed E-state index contributed by atoms with van der Waals surface area (Å²) in [5.74, 6) is 3.38. The molecule has 3 aromatic rings. The molecule has 2 aromatic heterocycles. The summed E-state index contributed by atoms with van der Waals surface area (Å²) in [6.45, 7) is 2.62. The molecule has 0 atom stereocenters. The van der Waals surface area contributed by atoms with Gasteiger partial charge in [-0.3, -0.25) is 0 Å². The Balaban J connectivity index is 1.71. The predicted molar refractivity (Wildman–Crippen MR) is 94.3 cm³/mol. The molecule has 1 aromatic carbocycles. The van der Waals surface area contributed by atoms with Crippen LogP contribution in [0.5, 0.6) is 11.5 Å². The van der Waals surface area contributed by atoms with Gasteiger partial charge in [0.05, 0.1) is 14.2 Å². The van der Waals surface area contributed by atoms with Crippen molar-refractivity contribution in [3.63, 3.8) is 0 Å². The van der Waals surface area contributed by atoms with E-state index < -0.39 is 0 Å². The molecule has 0 spiro atoms. The number of hydrogen-bond donors (Lipinski definition) is 0. The van der Waals surface area contributed by atoms with Gasteiger partial charge in [-0.2, -0.15) is 4.52 Å². The largest absolute Gasteiger partial charge is 0.497 e. The average Bonchev–Trinajstić information content (AvgIpc) is 3.42. The summed E-state index contributed by atoms with van der Waals surface area (Å²) in [5, 5.41) is 12.9. The lowest BCUT2D eigenvalue weighted by Gasteiger charge is -2.24. The van der Waals surface area contributed by atoms with Gasteiger partial charge in [-0.25, -0.2) is 0 Å². The number of aromatic nitrogens is 4. The predicted octanol–water partition coefficient (Wildman–Crippen LogP) is 2.62. The first-order valence-corrected chi connectivity index (χ1v) is 8.36. The monoisotopic (exact) mass is 339 g/mol. The van der Waals surface area contributed by atoms with Gasteiger partial charge in [0.1, 0.15) is 17.3 Å². The molecule has 1 saturated carbocycles. The van der Waals surface area contributed by atoms with E-state index in [4.69, 9.17) is 14.6 Å². The third-order valence-electron chi connectivity index (χ3n) is 4.51. The summed E-state index contributed by atoms with van der Waals surface area (Å²) < 4.78 is 12.7. The molecule has 0 unspecified atom stereocenters. The van der Waals surface area contributed by atoms with Gasteiger partial charge in [-0.15, -0.1) is 15.3 Å². The fourth-order valence-corrected chi connectivity index (χ4v) is 3.01. The highest BCUT2D eigenvalue weighted by atomic mass is 16.5. The lowest BCUT2D eigenvalue weighted by Crippen LogP contribution is -2.27. The summed E-state index contributed by atoms with van der Waals surface area (Å²) in [7, 11) is 3.37. The van der Waals surface area contributed by atoms with E-state index in [0.29, 0.717) is 12.6 Å². The first-order valence-electron chi connectivity index (χ1n) is 8.36. The number of nitrogens with zero attached hydrogens (tertiary/aromatic N) is 5. The van der Waals surface area contributed by atoms with E-state index in [0.717, 1.165) is 34.4 Å². The smallest absolute Gasteiger partial charge is 0.178 e. The molecule has 1 aliphatic carbocycles. The number of rotatable bonds is 6. The van der Waals surface area contributed by atoms with Crippen LogP contribution in [0.1, 0.15) is 24.2 Å². The molecule has 4 rings (SSSR count). The third kappa shape index (κ3) is 2.97. The van der Waals surface area contributed by atoms with E-state index in [1.165, 1.54) is 12.8 Å². The Bertz CT molecular complexity index is 904. The molecule has 25 heavy (non-hydrogen) atoms. The van der Waals surface area contributed by atoms with Crippen LogP contribution < -0.4 is 14.4 Å². The Labute approximate surface area is 146 Å². The molecule has 0 aliphatic heterocycles. The number of ether oxygens (including phenoxy) is 2. The Morgan fingerprint density at radius 1 is 1.12 bits per heavy atom. The fraction of sp³-hybridized carbons (Fsp3) is 0.389. The van der Waals surface area contributed by atoms with E-state index in [-0.39, 0.29) is 0 Å². The minimum Gasteiger partial charge on any atom is -0.497 e. The van der Waals surface area contributed by atoms with Gasteiger partial charge in [-0.1, -0.05) is 0 Å². The molecule has 130 valence electrons. The molecule has 0 N–H and O–H groups in total. The number of fused-ring (bicyclic) bond motifs is 1. The SMILES string of the molecule is COc1ccc(OC)c(CN(c2ccc3nnc(C)n3n2)C2CC2)c1. The number of aryl methyl sites for hydroxylation is 1. The molecule has 0 saturated heterocycles. The summed E-state index contributed by atoms with van der Waals surface area (Å²) in [5.41, 5.74) is 1.84. The van der Waals surface area contributed by atoms with Crippen molar-refractivity contribution in [2.75, 3.05) is 19.1 Å². The van der Waals surface area contributed by atoms with Crippen LogP contribution in [0.25, 0.3) is 5.65 Å². The molecule has 7 nitrogen and oxygen atoms in total. The van der Waals surface area contributed by atoms with Crippen LogP contribution in [-0.4, -0.2) is 40.1 Å². The number of methoxy groups -OCH3 is 2. The van der Waals surface area contributed by atoms with Crippen LogP contribution in [0, 0.1) is 6.92 Å². The number of anilines is 1. The number of hydrogen-bond acceptors (Lipinski definition) is 6. The van der Waals surface area contributed by atoms with Gasteiger partial charge in [-0.05, 0) is 50.1 Å². The lowest BCUT2D eigenvalue weighted by atomic mass is 10.1. The second-order valence-electron chi connectivity index (χ2n) is 6.25. The van der Waals surface area contributed by atoms with Gasteiger partial charge in [0, 0.05) is 18.2 Å². The van der Waals surface area contributed by atoms with Crippen LogP contribution >= 0.6 is 0 Å². The first-order chi connectivity index (χ1) is 12.2. The van der Waals surface area contributed by atoms with Crippen LogP contribution in [0.15, 0.2) is 30.3 Å². The van der Waals surface area contributed by atoms with Gasteiger partial charge in [0.15, 0.2) is 11.5 Å². The highest BCUT2D eigenvalue weighted by Crippen LogP contribution is 2.34. The van der Waals surface area contributed by atoms with Crippen LogP contribution in [-0.2, 0) is 6.54 Å². The zero-order chi connectivity index (χ0) is 17.4. The maximum atomic E-state index is 5.53. The van der Waals surface area contributed by atoms with E-state index >= 15 is 0 Å². The topological polar surface area (TPSA) is 64.8 Å². The van der Waals surface area contributed by atoms with E-state index in [9.17, 15) is 0 Å². The standard InChI is InChI=1S/C18H21N5O2/c1-12-19-20-17-8-9-18(21-23(12)17)22(14-4-5-14)11-13-10-15(24-2)6-7-16(13)25-3/h6-10,14H,4-5,11H2,1-3H3. The van der Waals surface area contributed by atoms with Gasteiger partial charge >= 0.3 is 0 Å². The summed E-state index contributed by atoms with van der Waals surface area (Å²) in [6, 6.07) is 10.3. The number of benzene rings is 1. The van der Waals surface area contributed by atoms with Crippen molar-refractivity contribution < 1.29 is 9.47 Å². The van der Waals surface area contributed by atoms with Crippen molar-refractivity contribution in [2.45, 2.75) is 32.4 Å². The molecule has 7 heteroatoms. The average molecular weight is 339 g/mol. The highest BCUT2D eigenvalue weighted by Gasteiger charge is 2.31. The second kappa shape index (κ2) is 6.23. The zero-order valence-electron chi connectivity index (χ0n) is 14.6. The molecule has 0 amide bonds. The van der Waals surface area contributed by atoms with Crippen molar-refractivity contribution in [3.8, 4) is 11.5 Å². The normalized spacial score (nSPS) is 13.9. The zero-order valence-corrected chi connectivity index (χ0v) is 14.6. The molecule has 0 bridgehead atoms. The quantitative estimate of drug-likeness (QED) is 0.688. The van der Waals surface area contributed by atoms with Crippen molar-refractivity contribution in [1.82, 2.24) is 19.8 Å². The maximum Gasteiger partial charge on any atom is 0.178 e. The molecule has 1 fully saturated rings. The van der Waals surface area contributed by atoms with E-state index in [1.807, 2.05) is 37.3 Å². The molecule has 2 heterocycles. The summed E-state index contributed by atoms with van der Waals surface area (Å²) in [6.07, 6.45) is 2.35. The summed E-state index contributed by atoms with van der Waals surface area (Å²) >= 11 is 0. The molecular formula is C18H21N5O2. The van der Waals surface area contributed by atoms with Gasteiger partial charge in [0.25, 0.3) is 0 Å². The molecule has 0 radical (unpaired) electrons. The summed E-state index contributed by atoms with van der Waals surface area (Å²) in [4.78, 5) is 2.32. The Kier molecular flexibility index (Phi) is 3.91. The second-order valence-corrected chi connectivity index (χ2v) is 6.25. The van der Waals surface area contributed by atoms with Crippen LogP contribution in [0.3, 0.4) is 0 Å². The van der Waals surface area contributed by atoms with Crippen LogP contribution in [0.4, 0.5) is 5.82 Å². The maximum absolute atomic E-state index is 5.53. The van der Waals surface area contributed by atoms with Crippen molar-refractivity contribution in [3.05, 3.63) is 41.7 Å². The van der Waals surface area contributed by atoms with Crippen LogP contribution in [0.2, 0.25) is 0 Å². The van der Waals surface area contributed by atoms with Crippen molar-refractivity contribution in [1.29, 1.82) is 0 Å². The molecular weight excluding hydrogens is 318 g/mol. The Morgan fingerprint density at radius 2 is 1.96 bits per heavy atom. The van der Waals surface area contributed by atoms with Gasteiger partial charge in [0.2, 0.25) is 0 Å². The minimum atomic E-state index is 0.498. The Morgan fingerprint density at radius 3 is 2.68 bits per heavy atom.